The number of carbonyl (C=O) groups is 4. The van der Waals surface area contributed by atoms with E-state index < -0.39 is 34.3 Å². The summed E-state index contributed by atoms with van der Waals surface area (Å²) < 4.78 is 5.13. The number of unbranched alkanes of at least 4 members (excludes halogenated alkanes) is 1. The summed E-state index contributed by atoms with van der Waals surface area (Å²) >= 11 is 0. The van der Waals surface area contributed by atoms with Crippen molar-refractivity contribution in [2.24, 2.45) is 0 Å². The zero-order valence-electron chi connectivity index (χ0n) is 22.9. The number of aliphatic carboxylic acids is 3. The van der Waals surface area contributed by atoms with E-state index in [2.05, 4.69) is 10.6 Å². The third-order valence-electron chi connectivity index (χ3n) is 6.87. The Morgan fingerprint density at radius 3 is 2.05 bits per heavy atom. The molecule has 0 saturated carbocycles. The molecule has 15 nitrogen and oxygen atoms in total. The Bertz CT molecular complexity index is 1090. The molecule has 2 rings (SSSR count). The lowest BCUT2D eigenvalue weighted by Gasteiger charge is -2.44. The molecule has 1 aliphatic rings. The standard InChI is InChI=1S/C25H39N5O10/c1-3-40-24-21(22(38)23(24)39)27-9-8-26-17(31)6-4-5-7-25(28(2)12-18(32)33)15-29(13-19(34)35)10-11-30(16-25)14-20(36)37/h27H,3-16H2,1-2H3,(H,26,31)(H,32,33)(H,34,35)(H,36,37). The van der Waals surface area contributed by atoms with Gasteiger partial charge in [0, 0.05) is 51.2 Å². The van der Waals surface area contributed by atoms with E-state index >= 15 is 0 Å². The van der Waals surface area contributed by atoms with Crippen molar-refractivity contribution >= 4 is 29.5 Å². The molecule has 1 heterocycles. The van der Waals surface area contributed by atoms with E-state index in [1.54, 1.807) is 28.7 Å². The summed E-state index contributed by atoms with van der Waals surface area (Å²) in [6.07, 6.45) is 1.58. The van der Waals surface area contributed by atoms with Crippen LogP contribution in [0.4, 0.5) is 5.69 Å². The minimum Gasteiger partial charge on any atom is -0.488 e. The molecule has 15 heteroatoms. The van der Waals surface area contributed by atoms with Crippen molar-refractivity contribution in [1.82, 2.24) is 20.0 Å². The Hall–Kier alpha value is -3.56. The van der Waals surface area contributed by atoms with E-state index in [1.807, 2.05) is 0 Å². The highest BCUT2D eigenvalue weighted by atomic mass is 16.5. The van der Waals surface area contributed by atoms with Gasteiger partial charge in [0.1, 0.15) is 5.69 Å². The van der Waals surface area contributed by atoms with Crippen LogP contribution in [0.1, 0.15) is 32.6 Å². The highest BCUT2D eigenvalue weighted by Gasteiger charge is 2.41. The first-order valence-electron chi connectivity index (χ1n) is 13.2. The smallest absolute Gasteiger partial charge is 0.317 e. The van der Waals surface area contributed by atoms with Gasteiger partial charge in [-0.3, -0.25) is 43.5 Å². The summed E-state index contributed by atoms with van der Waals surface area (Å²) in [5.41, 5.74) is -2.07. The van der Waals surface area contributed by atoms with Gasteiger partial charge in [0.25, 0.3) is 10.9 Å². The number of hydrogen-bond donors (Lipinski definition) is 5. The summed E-state index contributed by atoms with van der Waals surface area (Å²) in [5, 5.41) is 33.7. The Morgan fingerprint density at radius 2 is 1.52 bits per heavy atom. The van der Waals surface area contributed by atoms with Gasteiger partial charge in [-0.05, 0) is 26.8 Å². The molecule has 5 N–H and O–H groups in total. The minimum absolute atomic E-state index is 0.00275. The zero-order valence-corrected chi connectivity index (χ0v) is 22.9. The van der Waals surface area contributed by atoms with Crippen LogP contribution < -0.4 is 26.2 Å². The molecule has 0 aromatic heterocycles. The summed E-state index contributed by atoms with van der Waals surface area (Å²) in [6, 6.07) is 0. The van der Waals surface area contributed by atoms with Gasteiger partial charge in [-0.15, -0.1) is 0 Å². The first-order valence-corrected chi connectivity index (χ1v) is 13.2. The lowest BCUT2D eigenvalue weighted by Crippen LogP contribution is -2.59. The van der Waals surface area contributed by atoms with Crippen LogP contribution in [0.3, 0.4) is 0 Å². The third-order valence-corrected chi connectivity index (χ3v) is 6.87. The van der Waals surface area contributed by atoms with E-state index in [0.717, 1.165) is 0 Å². The number of carbonyl (C=O) groups excluding carboxylic acids is 1. The van der Waals surface area contributed by atoms with Crippen LogP contribution in [0.5, 0.6) is 5.75 Å². The largest absolute Gasteiger partial charge is 0.488 e. The molecule has 1 amide bonds. The van der Waals surface area contributed by atoms with Crippen molar-refractivity contribution in [3.8, 4) is 5.75 Å². The quantitative estimate of drug-likeness (QED) is 0.0988. The van der Waals surface area contributed by atoms with Crippen LogP contribution >= 0.6 is 0 Å². The van der Waals surface area contributed by atoms with E-state index in [4.69, 9.17) is 4.74 Å². The summed E-state index contributed by atoms with van der Waals surface area (Å²) in [7, 11) is 1.63. The number of nitrogens with one attached hydrogen (secondary N) is 2. The fourth-order valence-electron chi connectivity index (χ4n) is 4.97. The van der Waals surface area contributed by atoms with Crippen LogP contribution in [-0.4, -0.2) is 132 Å². The number of hydrogen-bond acceptors (Lipinski definition) is 11. The molecule has 0 atom stereocenters. The highest BCUT2D eigenvalue weighted by Crippen LogP contribution is 2.27. The zero-order chi connectivity index (χ0) is 29.9. The number of carboxylic acids is 3. The van der Waals surface area contributed by atoms with Crippen molar-refractivity contribution in [2.45, 2.75) is 38.1 Å². The fourth-order valence-corrected chi connectivity index (χ4v) is 4.97. The summed E-state index contributed by atoms with van der Waals surface area (Å²) in [6.45, 7) is 2.65. The van der Waals surface area contributed by atoms with Crippen LogP contribution in [0.25, 0.3) is 0 Å². The molecule has 1 aromatic rings. The average Bonchev–Trinajstić information content (AvgIpc) is 3.03. The van der Waals surface area contributed by atoms with Crippen LogP contribution in [0.2, 0.25) is 0 Å². The molecule has 0 radical (unpaired) electrons. The van der Waals surface area contributed by atoms with Crippen molar-refractivity contribution in [2.75, 3.05) is 77.9 Å². The van der Waals surface area contributed by atoms with Gasteiger partial charge in [-0.2, -0.15) is 0 Å². The maximum atomic E-state index is 12.3. The van der Waals surface area contributed by atoms with Gasteiger partial charge in [0.15, 0.2) is 5.75 Å². The highest BCUT2D eigenvalue weighted by molar-refractivity contribution is 5.76. The maximum Gasteiger partial charge on any atom is 0.317 e. The molecule has 1 aliphatic heterocycles. The van der Waals surface area contributed by atoms with E-state index in [9.17, 15) is 44.1 Å². The van der Waals surface area contributed by atoms with E-state index in [-0.39, 0.29) is 76.2 Å². The number of nitrogens with zero attached hydrogens (tertiary/aromatic N) is 3. The normalized spacial score (nSPS) is 16.0. The second kappa shape index (κ2) is 15.3. The average molecular weight is 570 g/mol. The number of anilines is 1. The second-order valence-electron chi connectivity index (χ2n) is 9.96. The lowest BCUT2D eigenvalue weighted by molar-refractivity contribution is -0.142. The molecule has 0 spiro atoms. The lowest BCUT2D eigenvalue weighted by atomic mass is 9.88. The second-order valence-corrected chi connectivity index (χ2v) is 9.96. The molecule has 1 fully saturated rings. The van der Waals surface area contributed by atoms with Gasteiger partial charge in [-0.1, -0.05) is 6.42 Å². The fraction of sp³-hybridized carbons (Fsp3) is 0.680. The monoisotopic (exact) mass is 569 g/mol. The van der Waals surface area contributed by atoms with E-state index in [0.29, 0.717) is 32.4 Å². The summed E-state index contributed by atoms with van der Waals surface area (Å²) in [4.78, 5) is 74.9. The minimum atomic E-state index is -1.06. The van der Waals surface area contributed by atoms with Gasteiger partial charge in [-0.25, -0.2) is 0 Å². The first-order chi connectivity index (χ1) is 18.9. The van der Waals surface area contributed by atoms with Crippen LogP contribution in [0, 0.1) is 0 Å². The molecule has 1 saturated heterocycles. The van der Waals surface area contributed by atoms with Crippen LogP contribution in [-0.2, 0) is 19.2 Å². The molecular weight excluding hydrogens is 530 g/mol. The van der Waals surface area contributed by atoms with E-state index in [1.165, 1.54) is 0 Å². The van der Waals surface area contributed by atoms with Gasteiger partial charge in [0.05, 0.1) is 26.2 Å². The number of rotatable bonds is 18. The number of likely N-dealkylation sites (N-methyl/N-ethyl adjacent to an activating group) is 1. The molecule has 0 bridgehead atoms. The number of amides is 1. The summed E-state index contributed by atoms with van der Waals surface area (Å²) in [5.74, 6) is -3.36. The number of carboxylic acid groups (broad SMARTS) is 3. The maximum absolute atomic E-state index is 12.3. The van der Waals surface area contributed by atoms with Gasteiger partial charge in [0.2, 0.25) is 5.91 Å². The van der Waals surface area contributed by atoms with Gasteiger partial charge >= 0.3 is 17.9 Å². The van der Waals surface area contributed by atoms with Crippen molar-refractivity contribution in [3.05, 3.63) is 20.4 Å². The molecule has 224 valence electrons. The SMILES string of the molecule is CCOc1c(NCCNC(=O)CCCCC2(N(C)CC(=O)O)CN(CC(=O)O)CCN(CC(=O)O)C2)c(=O)c1=O. The molecule has 0 aliphatic carbocycles. The van der Waals surface area contributed by atoms with Crippen molar-refractivity contribution < 1.29 is 39.2 Å². The molecule has 0 unspecified atom stereocenters. The predicted molar refractivity (Wildman–Crippen MR) is 144 cm³/mol. The van der Waals surface area contributed by atoms with Crippen molar-refractivity contribution in [1.29, 1.82) is 0 Å². The molecule has 1 aromatic carbocycles. The topological polar surface area (TPSA) is 206 Å². The Labute approximate surface area is 231 Å². The van der Waals surface area contributed by atoms with Crippen molar-refractivity contribution in [3.63, 3.8) is 0 Å². The molecule has 40 heavy (non-hydrogen) atoms. The van der Waals surface area contributed by atoms with Gasteiger partial charge < -0.3 is 30.7 Å². The first kappa shape index (κ1) is 32.7. The van der Waals surface area contributed by atoms with Crippen LogP contribution in [0.15, 0.2) is 9.59 Å². The Kier molecular flexibility index (Phi) is 12.5. The third kappa shape index (κ3) is 9.57. The molecular formula is C25H39N5O10. The number of ether oxygens (including phenoxy) is 1. The Balaban J connectivity index is 1.95. The Morgan fingerprint density at radius 1 is 0.925 bits per heavy atom. The predicted octanol–water partition coefficient (Wildman–Crippen LogP) is -1.69.